The van der Waals surface area contributed by atoms with Crippen LogP contribution in [0.4, 0.5) is 0 Å². The van der Waals surface area contributed by atoms with Crippen LogP contribution in [0.2, 0.25) is 0 Å². The van der Waals surface area contributed by atoms with Gasteiger partial charge in [0.25, 0.3) is 6.29 Å². The van der Waals surface area contributed by atoms with Gasteiger partial charge < -0.3 is 9.47 Å². The number of hydrogen-bond acceptors (Lipinski definition) is 4. The van der Waals surface area contributed by atoms with Crippen LogP contribution < -0.4 is 0 Å². The average Bonchev–Trinajstić information content (AvgIpc) is 2.26. The van der Waals surface area contributed by atoms with Gasteiger partial charge in [0.1, 0.15) is 0 Å². The second-order valence-corrected chi connectivity index (χ2v) is 2.51. The van der Waals surface area contributed by atoms with Crippen LogP contribution in [0.15, 0.2) is 30.3 Å². The number of carbonyl (C=O) groups is 2. The quantitative estimate of drug-likeness (QED) is 0.408. The minimum Gasteiger partial charge on any atom is -0.425 e. The van der Waals surface area contributed by atoms with Crippen LogP contribution >= 0.6 is 0 Å². The van der Waals surface area contributed by atoms with Gasteiger partial charge in [-0.25, -0.2) is 4.79 Å². The van der Waals surface area contributed by atoms with Crippen molar-refractivity contribution in [2.75, 3.05) is 7.11 Å². The maximum atomic E-state index is 11.3. The predicted octanol–water partition coefficient (Wildman–Crippen LogP) is 1.01. The molecule has 0 saturated carbocycles. The first kappa shape index (κ1) is 10.4. The summed E-state index contributed by atoms with van der Waals surface area (Å²) in [5, 5.41) is 0. The summed E-state index contributed by atoms with van der Waals surface area (Å²) in [4.78, 5) is 21.6. The van der Waals surface area contributed by atoms with Crippen molar-refractivity contribution in [2.45, 2.75) is 6.29 Å². The summed E-state index contributed by atoms with van der Waals surface area (Å²) in [5.41, 5.74) is 0.386. The van der Waals surface area contributed by atoms with E-state index < -0.39 is 12.3 Å². The van der Waals surface area contributed by atoms with Gasteiger partial charge in [-0.1, -0.05) is 18.2 Å². The second kappa shape index (κ2) is 5.14. The summed E-state index contributed by atoms with van der Waals surface area (Å²) < 4.78 is 9.29. The smallest absolute Gasteiger partial charge is 0.340 e. The molecular weight excluding hydrogens is 184 g/mol. The molecule has 0 spiro atoms. The lowest BCUT2D eigenvalue weighted by Crippen LogP contribution is -2.21. The summed E-state index contributed by atoms with van der Waals surface area (Å²) in [6, 6.07) is 8.39. The molecule has 1 rings (SSSR count). The Bertz CT molecular complexity index is 307. The normalized spacial score (nSPS) is 11.8. The van der Waals surface area contributed by atoms with E-state index in [1.165, 1.54) is 7.11 Å². The molecule has 0 radical (unpaired) electrons. The molecule has 0 aliphatic heterocycles. The van der Waals surface area contributed by atoms with Crippen molar-refractivity contribution in [3.8, 4) is 0 Å². The predicted molar refractivity (Wildman–Crippen MR) is 48.7 cm³/mol. The molecule has 1 aromatic carbocycles. The fourth-order valence-electron chi connectivity index (χ4n) is 0.879. The number of esters is 1. The third-order valence-corrected chi connectivity index (χ3v) is 1.58. The summed E-state index contributed by atoms with van der Waals surface area (Å²) in [6.45, 7) is 0. The Balaban J connectivity index is 2.63. The van der Waals surface area contributed by atoms with Crippen molar-refractivity contribution in [3.63, 3.8) is 0 Å². The molecule has 0 amide bonds. The summed E-state index contributed by atoms with van der Waals surface area (Å²) in [5.74, 6) is -0.579. The topological polar surface area (TPSA) is 52.6 Å². The van der Waals surface area contributed by atoms with Gasteiger partial charge >= 0.3 is 5.97 Å². The van der Waals surface area contributed by atoms with Crippen molar-refractivity contribution >= 4 is 12.3 Å². The maximum Gasteiger partial charge on any atom is 0.340 e. The zero-order valence-electron chi connectivity index (χ0n) is 7.67. The van der Waals surface area contributed by atoms with Crippen LogP contribution in [-0.2, 0) is 14.3 Å². The number of carbonyl (C=O) groups excluding carboxylic acids is 2. The Hall–Kier alpha value is -1.68. The van der Waals surface area contributed by atoms with Gasteiger partial charge in [0, 0.05) is 7.11 Å². The van der Waals surface area contributed by atoms with E-state index in [9.17, 15) is 9.59 Å². The van der Waals surface area contributed by atoms with E-state index in [1.54, 1.807) is 30.3 Å². The van der Waals surface area contributed by atoms with Crippen LogP contribution in [0, 0.1) is 0 Å². The third kappa shape index (κ3) is 2.67. The largest absolute Gasteiger partial charge is 0.425 e. The van der Waals surface area contributed by atoms with Crippen molar-refractivity contribution in [1.82, 2.24) is 0 Å². The molecule has 14 heavy (non-hydrogen) atoms. The molecule has 1 aromatic rings. The Morgan fingerprint density at radius 1 is 1.36 bits per heavy atom. The molecule has 4 heteroatoms. The maximum absolute atomic E-state index is 11.3. The number of aldehydes is 1. The monoisotopic (exact) mass is 194 g/mol. The van der Waals surface area contributed by atoms with Crippen molar-refractivity contribution in [1.29, 1.82) is 0 Å². The van der Waals surface area contributed by atoms with Crippen molar-refractivity contribution in [3.05, 3.63) is 35.9 Å². The van der Waals surface area contributed by atoms with Crippen LogP contribution in [0.25, 0.3) is 0 Å². The molecule has 74 valence electrons. The minimum atomic E-state index is -1.14. The van der Waals surface area contributed by atoms with E-state index in [0.29, 0.717) is 11.8 Å². The van der Waals surface area contributed by atoms with Gasteiger partial charge in [-0.05, 0) is 12.1 Å². The molecule has 1 unspecified atom stereocenters. The van der Waals surface area contributed by atoms with E-state index in [2.05, 4.69) is 4.74 Å². The Morgan fingerprint density at radius 2 is 2.00 bits per heavy atom. The third-order valence-electron chi connectivity index (χ3n) is 1.58. The first-order valence-corrected chi connectivity index (χ1v) is 4.02. The lowest BCUT2D eigenvalue weighted by molar-refractivity contribution is -0.138. The first-order chi connectivity index (χ1) is 6.77. The van der Waals surface area contributed by atoms with E-state index in [0.717, 1.165) is 0 Å². The molecule has 0 aliphatic carbocycles. The lowest BCUT2D eigenvalue weighted by Gasteiger charge is -2.09. The molecule has 0 N–H and O–H groups in total. The fourth-order valence-corrected chi connectivity index (χ4v) is 0.879. The van der Waals surface area contributed by atoms with Crippen LogP contribution in [0.1, 0.15) is 10.4 Å². The van der Waals surface area contributed by atoms with E-state index in [4.69, 9.17) is 4.74 Å². The zero-order valence-corrected chi connectivity index (χ0v) is 7.67. The highest BCUT2D eigenvalue weighted by Crippen LogP contribution is 2.03. The summed E-state index contributed by atoms with van der Waals surface area (Å²) >= 11 is 0. The number of benzene rings is 1. The molecule has 0 aromatic heterocycles. The van der Waals surface area contributed by atoms with E-state index in [1.807, 2.05) is 0 Å². The SMILES string of the molecule is COC(C=O)OC(=O)c1ccccc1. The Labute approximate surface area is 81.4 Å². The highest BCUT2D eigenvalue weighted by molar-refractivity contribution is 5.90. The van der Waals surface area contributed by atoms with Gasteiger partial charge in [0.15, 0.2) is 6.29 Å². The number of ether oxygens (including phenoxy) is 2. The molecule has 4 nitrogen and oxygen atoms in total. The standard InChI is InChI=1S/C10H10O4/c1-13-9(7-11)14-10(12)8-5-3-2-4-6-8/h2-7,9H,1H3. The second-order valence-electron chi connectivity index (χ2n) is 2.51. The number of hydrogen-bond donors (Lipinski definition) is 0. The van der Waals surface area contributed by atoms with E-state index >= 15 is 0 Å². The van der Waals surface area contributed by atoms with E-state index in [-0.39, 0.29) is 0 Å². The average molecular weight is 194 g/mol. The van der Waals surface area contributed by atoms with Gasteiger partial charge in [0.2, 0.25) is 0 Å². The first-order valence-electron chi connectivity index (χ1n) is 4.02. The summed E-state index contributed by atoms with van der Waals surface area (Å²) in [6.07, 6.45) is -0.719. The van der Waals surface area contributed by atoms with Gasteiger partial charge in [-0.3, -0.25) is 4.79 Å². The van der Waals surface area contributed by atoms with Crippen LogP contribution in [-0.4, -0.2) is 25.7 Å². The fraction of sp³-hybridized carbons (Fsp3) is 0.200. The molecule has 1 atom stereocenters. The zero-order chi connectivity index (χ0) is 10.4. The molecule has 0 fully saturated rings. The Kier molecular flexibility index (Phi) is 3.82. The Morgan fingerprint density at radius 3 is 2.50 bits per heavy atom. The highest BCUT2D eigenvalue weighted by atomic mass is 16.7. The van der Waals surface area contributed by atoms with Crippen LogP contribution in [0.5, 0.6) is 0 Å². The molecule has 0 saturated heterocycles. The molecule has 0 heterocycles. The molecule has 0 aliphatic rings. The highest BCUT2D eigenvalue weighted by Gasteiger charge is 2.13. The number of rotatable bonds is 4. The minimum absolute atomic E-state index is 0.386. The number of methoxy groups -OCH3 is 1. The summed E-state index contributed by atoms with van der Waals surface area (Å²) in [7, 11) is 1.29. The van der Waals surface area contributed by atoms with Gasteiger partial charge in [-0.2, -0.15) is 0 Å². The van der Waals surface area contributed by atoms with Crippen molar-refractivity contribution in [2.24, 2.45) is 0 Å². The molecular formula is C10H10O4. The van der Waals surface area contributed by atoms with Gasteiger partial charge in [0.05, 0.1) is 5.56 Å². The van der Waals surface area contributed by atoms with Gasteiger partial charge in [-0.15, -0.1) is 0 Å². The molecule has 0 bridgehead atoms. The van der Waals surface area contributed by atoms with Crippen LogP contribution in [0.3, 0.4) is 0 Å². The lowest BCUT2D eigenvalue weighted by atomic mass is 10.2. The van der Waals surface area contributed by atoms with Crippen molar-refractivity contribution < 1.29 is 19.1 Å².